The van der Waals surface area contributed by atoms with Crippen LogP contribution in [0.15, 0.2) is 18.2 Å². The third kappa shape index (κ3) is 3.05. The van der Waals surface area contributed by atoms with Crippen molar-refractivity contribution in [1.82, 2.24) is 15.3 Å². The zero-order chi connectivity index (χ0) is 16.3. The number of carbonyl (C=O) groups is 1. The van der Waals surface area contributed by atoms with Gasteiger partial charge in [0.2, 0.25) is 0 Å². The Hall–Kier alpha value is -2.12. The number of rotatable bonds is 1. The molecule has 22 heavy (non-hydrogen) atoms. The van der Waals surface area contributed by atoms with E-state index in [9.17, 15) is 13.6 Å². The number of benzene rings is 1. The Morgan fingerprint density at radius 3 is 2.36 bits per heavy atom. The van der Waals surface area contributed by atoms with Crippen molar-refractivity contribution in [1.29, 1.82) is 0 Å². The van der Waals surface area contributed by atoms with Gasteiger partial charge in [0.1, 0.15) is 22.4 Å². The van der Waals surface area contributed by atoms with Gasteiger partial charge >= 0.3 is 0 Å². The average molecular weight is 328 g/mol. The molecule has 0 saturated heterocycles. The second-order valence-electron chi connectivity index (χ2n) is 4.35. The Bertz CT molecular complexity index is 705. The Morgan fingerprint density at radius 2 is 1.77 bits per heavy atom. The summed E-state index contributed by atoms with van der Waals surface area (Å²) in [5.41, 5.74) is 0.136. The van der Waals surface area contributed by atoms with Gasteiger partial charge in [0.15, 0.2) is 5.82 Å². The summed E-state index contributed by atoms with van der Waals surface area (Å²) in [6.45, 7) is 0.166. The Balaban J connectivity index is 0.000000545. The molecule has 1 aliphatic heterocycles. The number of carbonyl (C=O) groups excluding carboxylic acids is 1. The highest BCUT2D eigenvalue weighted by Crippen LogP contribution is 2.28. The molecule has 1 amide bonds. The maximum Gasteiger partial charge on any atom is 0.256 e. The van der Waals surface area contributed by atoms with Gasteiger partial charge in [0.05, 0.1) is 17.8 Å². The summed E-state index contributed by atoms with van der Waals surface area (Å²) < 4.78 is 31.6. The maximum atomic E-state index is 13.7. The molecule has 0 spiro atoms. The molecule has 0 aliphatic carbocycles. The monoisotopic (exact) mass is 327 g/mol. The van der Waals surface area contributed by atoms with Crippen LogP contribution in [0.25, 0.3) is 11.4 Å². The van der Waals surface area contributed by atoms with E-state index in [1.807, 2.05) is 0 Å². The van der Waals surface area contributed by atoms with E-state index in [4.69, 9.17) is 11.6 Å². The SMILES string of the molecule is COC.O=C1NCc2nc(-c3c(F)cccc3F)nc(Cl)c21. The van der Waals surface area contributed by atoms with Gasteiger partial charge in [-0.1, -0.05) is 17.7 Å². The summed E-state index contributed by atoms with van der Waals surface area (Å²) in [6, 6.07) is 3.45. The molecule has 1 aliphatic rings. The first-order chi connectivity index (χ1) is 10.5. The molecule has 3 rings (SSSR count). The number of hydrogen-bond acceptors (Lipinski definition) is 4. The number of nitrogens with zero attached hydrogens (tertiary/aromatic N) is 2. The number of amides is 1. The second-order valence-corrected chi connectivity index (χ2v) is 4.71. The molecule has 0 bridgehead atoms. The molecule has 0 unspecified atom stereocenters. The van der Waals surface area contributed by atoms with E-state index in [1.165, 1.54) is 6.07 Å². The van der Waals surface area contributed by atoms with E-state index in [2.05, 4.69) is 20.0 Å². The lowest BCUT2D eigenvalue weighted by Crippen LogP contribution is -2.12. The predicted octanol–water partition coefficient (Wildman–Crippen LogP) is 2.58. The van der Waals surface area contributed by atoms with Crippen LogP contribution in [0, 0.1) is 11.6 Å². The van der Waals surface area contributed by atoms with E-state index in [0.717, 1.165) is 12.1 Å². The zero-order valence-electron chi connectivity index (χ0n) is 11.8. The predicted molar refractivity (Wildman–Crippen MR) is 76.5 cm³/mol. The molecule has 8 heteroatoms. The quantitative estimate of drug-likeness (QED) is 0.818. The summed E-state index contributed by atoms with van der Waals surface area (Å²) in [5.74, 6) is -2.13. The van der Waals surface area contributed by atoms with E-state index < -0.39 is 11.6 Å². The molecule has 116 valence electrons. The first kappa shape index (κ1) is 16.3. The lowest BCUT2D eigenvalue weighted by molar-refractivity contribution is 0.0965. The van der Waals surface area contributed by atoms with Crippen LogP contribution in [-0.2, 0) is 11.3 Å². The lowest BCUT2D eigenvalue weighted by atomic mass is 10.1. The van der Waals surface area contributed by atoms with Gasteiger partial charge in [-0.2, -0.15) is 0 Å². The number of halogens is 3. The van der Waals surface area contributed by atoms with Gasteiger partial charge in [0, 0.05) is 14.2 Å². The molecule has 2 heterocycles. The lowest BCUT2D eigenvalue weighted by Gasteiger charge is -2.06. The number of methoxy groups -OCH3 is 1. The van der Waals surface area contributed by atoms with Crippen molar-refractivity contribution >= 4 is 17.5 Å². The largest absolute Gasteiger partial charge is 0.388 e. The average Bonchev–Trinajstić information content (AvgIpc) is 2.81. The van der Waals surface area contributed by atoms with Gasteiger partial charge in [-0.25, -0.2) is 18.7 Å². The van der Waals surface area contributed by atoms with Crippen molar-refractivity contribution in [2.24, 2.45) is 0 Å². The van der Waals surface area contributed by atoms with Crippen LogP contribution in [0.2, 0.25) is 5.15 Å². The van der Waals surface area contributed by atoms with Crippen LogP contribution < -0.4 is 5.32 Å². The summed E-state index contributed by atoms with van der Waals surface area (Å²) in [7, 11) is 3.25. The Morgan fingerprint density at radius 1 is 1.18 bits per heavy atom. The minimum absolute atomic E-state index is 0.113. The highest BCUT2D eigenvalue weighted by atomic mass is 35.5. The van der Waals surface area contributed by atoms with Crippen LogP contribution in [0.5, 0.6) is 0 Å². The van der Waals surface area contributed by atoms with E-state index >= 15 is 0 Å². The normalized spacial score (nSPS) is 12.3. The van der Waals surface area contributed by atoms with Crippen molar-refractivity contribution in [3.05, 3.63) is 46.2 Å². The van der Waals surface area contributed by atoms with Gasteiger partial charge in [-0.15, -0.1) is 0 Å². The van der Waals surface area contributed by atoms with E-state index in [-0.39, 0.29) is 34.6 Å². The topological polar surface area (TPSA) is 64.1 Å². The first-order valence-electron chi connectivity index (χ1n) is 6.18. The van der Waals surface area contributed by atoms with Gasteiger partial charge in [-0.05, 0) is 12.1 Å². The van der Waals surface area contributed by atoms with Gasteiger partial charge < -0.3 is 10.1 Å². The van der Waals surface area contributed by atoms with Crippen LogP contribution >= 0.6 is 11.6 Å². The molecule has 5 nitrogen and oxygen atoms in total. The number of nitrogens with one attached hydrogen (secondary N) is 1. The maximum absolute atomic E-state index is 13.7. The first-order valence-corrected chi connectivity index (χ1v) is 6.56. The third-order valence-corrected chi connectivity index (χ3v) is 3.04. The standard InChI is InChI=1S/C12H6ClF2N3O.C2H6O/c13-10-9-7(4-16-12(9)19)17-11(18-10)8-5(14)2-1-3-6(8)15;1-3-2/h1-3H,4H2,(H,16,19);1-2H3. The molecule has 0 atom stereocenters. The minimum atomic E-state index is -0.784. The molecule has 0 radical (unpaired) electrons. The summed E-state index contributed by atoms with van der Waals surface area (Å²) >= 11 is 5.87. The van der Waals surface area contributed by atoms with Crippen LogP contribution in [0.4, 0.5) is 8.78 Å². The smallest absolute Gasteiger partial charge is 0.256 e. The van der Waals surface area contributed by atoms with Crippen molar-refractivity contribution in [3.8, 4) is 11.4 Å². The molecule has 1 aromatic heterocycles. The van der Waals surface area contributed by atoms with Gasteiger partial charge in [0.25, 0.3) is 5.91 Å². The number of hydrogen-bond donors (Lipinski definition) is 1. The number of fused-ring (bicyclic) bond motifs is 1. The molecule has 1 aromatic carbocycles. The van der Waals surface area contributed by atoms with Gasteiger partial charge in [-0.3, -0.25) is 4.79 Å². The Kier molecular flexibility index (Phi) is 4.99. The second kappa shape index (κ2) is 6.76. The summed E-state index contributed by atoms with van der Waals surface area (Å²) in [4.78, 5) is 19.2. The summed E-state index contributed by atoms with van der Waals surface area (Å²) in [6.07, 6.45) is 0. The molecule has 0 fully saturated rings. The van der Waals surface area contributed by atoms with E-state index in [0.29, 0.717) is 5.69 Å². The Labute approximate surface area is 130 Å². The van der Waals surface area contributed by atoms with Crippen molar-refractivity contribution in [3.63, 3.8) is 0 Å². The van der Waals surface area contributed by atoms with Crippen molar-refractivity contribution in [2.75, 3.05) is 14.2 Å². The zero-order valence-corrected chi connectivity index (χ0v) is 12.5. The molecular weight excluding hydrogens is 316 g/mol. The fraction of sp³-hybridized carbons (Fsp3) is 0.214. The number of aromatic nitrogens is 2. The number of ether oxygens (including phenoxy) is 1. The third-order valence-electron chi connectivity index (χ3n) is 2.77. The highest BCUT2D eigenvalue weighted by Gasteiger charge is 2.27. The molecule has 1 N–H and O–H groups in total. The van der Waals surface area contributed by atoms with Crippen LogP contribution in [0.3, 0.4) is 0 Å². The highest BCUT2D eigenvalue weighted by molar-refractivity contribution is 6.33. The van der Waals surface area contributed by atoms with Crippen molar-refractivity contribution in [2.45, 2.75) is 6.54 Å². The minimum Gasteiger partial charge on any atom is -0.388 e. The van der Waals surface area contributed by atoms with Crippen molar-refractivity contribution < 1.29 is 18.3 Å². The fourth-order valence-corrected chi connectivity index (χ4v) is 2.18. The molecular formula is C14H12ClF2N3O2. The fourth-order valence-electron chi connectivity index (χ4n) is 1.90. The molecule has 0 saturated carbocycles. The summed E-state index contributed by atoms with van der Waals surface area (Å²) in [5, 5.41) is 2.41. The van der Waals surface area contributed by atoms with Crippen LogP contribution in [0.1, 0.15) is 16.1 Å². The van der Waals surface area contributed by atoms with Crippen LogP contribution in [-0.4, -0.2) is 30.1 Å². The van der Waals surface area contributed by atoms with E-state index in [1.54, 1.807) is 14.2 Å². The molecule has 2 aromatic rings.